The molecule has 1 spiro atoms. The topological polar surface area (TPSA) is 42.4 Å². The van der Waals surface area contributed by atoms with Crippen LogP contribution >= 0.6 is 11.8 Å². The number of ether oxygens (including phenoxy) is 1. The van der Waals surface area contributed by atoms with Gasteiger partial charge in [0.05, 0.1) is 23.6 Å². The van der Waals surface area contributed by atoms with Crippen LogP contribution in [0.2, 0.25) is 0 Å². The third-order valence-electron chi connectivity index (χ3n) is 6.90. The monoisotopic (exact) mass is 333 g/mol. The minimum absolute atomic E-state index is 0.0183. The van der Waals surface area contributed by atoms with E-state index in [1.807, 2.05) is 36.9 Å². The van der Waals surface area contributed by atoms with Gasteiger partial charge in [0, 0.05) is 11.2 Å². The Balaban J connectivity index is 1.56. The molecule has 4 heteroatoms. The minimum Gasteiger partial charge on any atom is -0.387 e. The van der Waals surface area contributed by atoms with E-state index in [2.05, 4.69) is 18.8 Å². The van der Waals surface area contributed by atoms with Crippen LogP contribution in [-0.2, 0) is 4.74 Å². The van der Waals surface area contributed by atoms with Crippen molar-refractivity contribution in [2.75, 3.05) is 5.75 Å². The second-order valence-corrected chi connectivity index (χ2v) is 9.08. The molecule has 0 amide bonds. The van der Waals surface area contributed by atoms with Crippen LogP contribution in [0.25, 0.3) is 0 Å². The number of aliphatic hydroxyl groups excluding tert-OH is 1. The molecular weight excluding hydrogens is 306 g/mol. The Bertz CT molecular complexity index is 605. The molecule has 3 aliphatic rings. The molecular formula is C19H27NO2S. The lowest BCUT2D eigenvalue weighted by Crippen LogP contribution is -2.45. The second-order valence-electron chi connectivity index (χ2n) is 8.03. The van der Waals surface area contributed by atoms with E-state index < -0.39 is 6.10 Å². The van der Waals surface area contributed by atoms with Gasteiger partial charge in [0.15, 0.2) is 0 Å². The van der Waals surface area contributed by atoms with Crippen molar-refractivity contribution in [3.63, 3.8) is 0 Å². The molecule has 3 nitrogen and oxygen atoms in total. The summed E-state index contributed by atoms with van der Waals surface area (Å²) in [7, 11) is 0. The van der Waals surface area contributed by atoms with Crippen molar-refractivity contribution in [1.29, 1.82) is 0 Å². The molecule has 5 atom stereocenters. The maximum absolute atomic E-state index is 10.0. The van der Waals surface area contributed by atoms with Crippen LogP contribution in [0.1, 0.15) is 69.4 Å². The highest BCUT2D eigenvalue weighted by Crippen LogP contribution is 2.70. The molecule has 2 heterocycles. The first-order valence-electron chi connectivity index (χ1n) is 8.90. The number of aromatic nitrogens is 1. The van der Waals surface area contributed by atoms with Crippen molar-refractivity contribution < 1.29 is 9.84 Å². The van der Waals surface area contributed by atoms with Crippen molar-refractivity contribution >= 4 is 11.8 Å². The third-order valence-corrected chi connectivity index (χ3v) is 8.24. The Morgan fingerprint density at radius 3 is 3.00 bits per heavy atom. The average Bonchev–Trinajstić information content (AvgIpc) is 2.95. The second kappa shape index (κ2) is 5.47. The molecule has 2 bridgehead atoms. The summed E-state index contributed by atoms with van der Waals surface area (Å²) in [6.45, 7) is 6.88. The quantitative estimate of drug-likeness (QED) is 0.885. The molecule has 0 aromatic carbocycles. The van der Waals surface area contributed by atoms with E-state index >= 15 is 0 Å². The summed E-state index contributed by atoms with van der Waals surface area (Å²) in [5.74, 6) is 1.99. The highest BCUT2D eigenvalue weighted by atomic mass is 32.2. The van der Waals surface area contributed by atoms with E-state index in [1.165, 1.54) is 25.0 Å². The Kier molecular flexibility index (Phi) is 3.78. The minimum atomic E-state index is -0.476. The molecule has 1 aliphatic heterocycles. The van der Waals surface area contributed by atoms with E-state index in [-0.39, 0.29) is 5.44 Å². The van der Waals surface area contributed by atoms with Crippen molar-refractivity contribution in [2.45, 2.75) is 64.1 Å². The summed E-state index contributed by atoms with van der Waals surface area (Å²) in [5, 5.41) is 10.0. The van der Waals surface area contributed by atoms with Gasteiger partial charge in [-0.25, -0.2) is 0 Å². The maximum Gasteiger partial charge on any atom is 0.145 e. The first kappa shape index (κ1) is 15.9. The Morgan fingerprint density at radius 1 is 1.43 bits per heavy atom. The molecule has 1 aromatic rings. The van der Waals surface area contributed by atoms with Crippen LogP contribution in [0.5, 0.6) is 0 Å². The zero-order chi connectivity index (χ0) is 16.2. The third kappa shape index (κ3) is 2.21. The predicted octanol–water partition coefficient (Wildman–Crippen LogP) is 4.48. The number of thioether (sulfide) groups is 1. The largest absolute Gasteiger partial charge is 0.387 e. The van der Waals surface area contributed by atoms with Gasteiger partial charge in [-0.2, -0.15) is 0 Å². The molecule has 23 heavy (non-hydrogen) atoms. The summed E-state index contributed by atoms with van der Waals surface area (Å²) in [6.07, 6.45) is 4.49. The molecule has 4 rings (SSSR count). The number of aliphatic hydroxyl groups is 1. The van der Waals surface area contributed by atoms with Gasteiger partial charge in [0.1, 0.15) is 5.44 Å². The van der Waals surface area contributed by atoms with E-state index in [4.69, 9.17) is 4.74 Å². The number of hydrogen-bond donors (Lipinski definition) is 1. The van der Waals surface area contributed by atoms with Crippen molar-refractivity contribution in [3.05, 3.63) is 29.6 Å². The van der Waals surface area contributed by atoms with Crippen molar-refractivity contribution in [2.24, 2.45) is 16.7 Å². The van der Waals surface area contributed by atoms with Gasteiger partial charge in [-0.3, -0.25) is 4.98 Å². The molecule has 4 unspecified atom stereocenters. The standard InChI is InChI=1S/C19H27NO2S/c1-4-15(21)13-6-5-7-14(20-13)17-22-16-10-12-8-9-19(16,11-23-17)18(12,2)3/h5-7,12,15-17,21H,4,8-11H2,1-3H3/t12?,15-,16?,17?,19?/m0/s1. The summed E-state index contributed by atoms with van der Waals surface area (Å²) >= 11 is 1.91. The fourth-order valence-corrected chi connectivity index (χ4v) is 6.76. The van der Waals surface area contributed by atoms with Gasteiger partial charge in [-0.15, -0.1) is 11.8 Å². The van der Waals surface area contributed by atoms with Crippen LogP contribution in [0.4, 0.5) is 0 Å². The van der Waals surface area contributed by atoms with Crippen LogP contribution in [0.15, 0.2) is 18.2 Å². The SMILES string of the molecule is CC[C@H](O)c1cccc(C2OC3CC4CCC3(CS2)C4(C)C)n1. The van der Waals surface area contributed by atoms with Crippen molar-refractivity contribution in [1.82, 2.24) is 4.98 Å². The van der Waals surface area contributed by atoms with Gasteiger partial charge in [-0.05, 0) is 49.1 Å². The molecule has 3 fully saturated rings. The smallest absolute Gasteiger partial charge is 0.145 e. The number of rotatable bonds is 3. The number of hydrogen-bond acceptors (Lipinski definition) is 4. The van der Waals surface area contributed by atoms with Gasteiger partial charge in [0.25, 0.3) is 0 Å². The highest BCUT2D eigenvalue weighted by Gasteiger charge is 2.66. The first-order chi connectivity index (χ1) is 11.0. The van der Waals surface area contributed by atoms with E-state index in [9.17, 15) is 5.11 Å². The molecule has 126 valence electrons. The Labute approximate surface area is 143 Å². The van der Waals surface area contributed by atoms with Gasteiger partial charge < -0.3 is 9.84 Å². The average molecular weight is 333 g/mol. The fraction of sp³-hybridized carbons (Fsp3) is 0.737. The van der Waals surface area contributed by atoms with E-state index in [0.717, 1.165) is 17.3 Å². The lowest BCUT2D eigenvalue weighted by molar-refractivity contribution is -0.0681. The molecule has 2 saturated carbocycles. The van der Waals surface area contributed by atoms with Crippen LogP contribution < -0.4 is 0 Å². The summed E-state index contributed by atoms with van der Waals surface area (Å²) in [6, 6.07) is 5.95. The number of nitrogens with zero attached hydrogens (tertiary/aromatic N) is 1. The number of fused-ring (bicyclic) bond motifs is 1. The fourth-order valence-electron chi connectivity index (χ4n) is 5.09. The van der Waals surface area contributed by atoms with Gasteiger partial charge in [0.2, 0.25) is 0 Å². The predicted molar refractivity (Wildman–Crippen MR) is 93.1 cm³/mol. The molecule has 1 aromatic heterocycles. The lowest BCUT2D eigenvalue weighted by Gasteiger charge is -2.47. The zero-order valence-corrected chi connectivity index (χ0v) is 15.1. The lowest BCUT2D eigenvalue weighted by atomic mass is 9.69. The van der Waals surface area contributed by atoms with Crippen molar-refractivity contribution in [3.8, 4) is 0 Å². The molecule has 1 saturated heterocycles. The summed E-state index contributed by atoms with van der Waals surface area (Å²) in [4.78, 5) is 4.68. The molecule has 0 radical (unpaired) electrons. The van der Waals surface area contributed by atoms with E-state index in [1.54, 1.807) is 0 Å². The van der Waals surface area contributed by atoms with Crippen LogP contribution in [0.3, 0.4) is 0 Å². The van der Waals surface area contributed by atoms with Gasteiger partial charge >= 0.3 is 0 Å². The van der Waals surface area contributed by atoms with Crippen LogP contribution in [0, 0.1) is 16.7 Å². The number of pyridine rings is 1. The van der Waals surface area contributed by atoms with E-state index in [0.29, 0.717) is 23.4 Å². The van der Waals surface area contributed by atoms with Crippen LogP contribution in [-0.4, -0.2) is 21.9 Å². The zero-order valence-electron chi connectivity index (χ0n) is 14.3. The first-order valence-corrected chi connectivity index (χ1v) is 9.95. The normalized spacial score (nSPS) is 39.2. The summed E-state index contributed by atoms with van der Waals surface area (Å²) in [5.41, 5.74) is 2.52. The molecule has 1 N–H and O–H groups in total. The summed E-state index contributed by atoms with van der Waals surface area (Å²) < 4.78 is 6.54. The maximum atomic E-state index is 10.0. The Morgan fingerprint density at radius 2 is 2.26 bits per heavy atom. The highest BCUT2D eigenvalue weighted by molar-refractivity contribution is 7.99. The van der Waals surface area contributed by atoms with Gasteiger partial charge in [-0.1, -0.05) is 26.8 Å². The molecule has 2 aliphatic carbocycles. The Hall–Kier alpha value is -0.580.